The van der Waals surface area contributed by atoms with Crippen molar-refractivity contribution in [2.24, 2.45) is 10.7 Å². The van der Waals surface area contributed by atoms with Crippen molar-refractivity contribution in [1.29, 1.82) is 0 Å². The minimum atomic E-state index is -0.511. The number of ether oxygens (including phenoxy) is 3. The number of carbonyl (C=O) groups excluding carboxylic acids is 1. The van der Waals surface area contributed by atoms with Crippen molar-refractivity contribution in [2.45, 2.75) is 13.0 Å². The Hall–Kier alpha value is -3.26. The lowest BCUT2D eigenvalue weighted by Gasteiger charge is -2.14. The molecule has 0 spiro atoms. The first-order valence-electron chi connectivity index (χ1n) is 9.30. The van der Waals surface area contributed by atoms with E-state index in [1.54, 1.807) is 20.2 Å². The Balaban J connectivity index is 1.88. The number of carbonyl (C=O) groups is 1. The number of benzene rings is 2. The number of nitrogens with one attached hydrogen (secondary N) is 2. The summed E-state index contributed by atoms with van der Waals surface area (Å²) in [6.07, 6.45) is 0.833. The Bertz CT molecular complexity index is 811. The minimum absolute atomic E-state index is 0.149. The summed E-state index contributed by atoms with van der Waals surface area (Å²) in [5.41, 5.74) is 6.94. The van der Waals surface area contributed by atoms with E-state index < -0.39 is 5.91 Å². The molecule has 29 heavy (non-hydrogen) atoms. The van der Waals surface area contributed by atoms with Gasteiger partial charge in [0.05, 0.1) is 6.61 Å². The monoisotopic (exact) mass is 400 g/mol. The average Bonchev–Trinajstić information content (AvgIpc) is 2.73. The molecule has 0 aliphatic carbocycles. The normalized spacial score (nSPS) is 11.0. The summed E-state index contributed by atoms with van der Waals surface area (Å²) in [5.74, 6) is 1.47. The lowest BCUT2D eigenvalue weighted by molar-refractivity contribution is -0.119. The molecule has 0 saturated heterocycles. The maximum absolute atomic E-state index is 10.8. The van der Waals surface area contributed by atoms with E-state index in [4.69, 9.17) is 19.9 Å². The predicted octanol–water partition coefficient (Wildman–Crippen LogP) is 2.15. The Morgan fingerprint density at radius 3 is 2.55 bits per heavy atom. The number of hydrogen-bond acceptors (Lipinski definition) is 5. The summed E-state index contributed by atoms with van der Waals surface area (Å²) in [4.78, 5) is 15.1. The molecule has 2 rings (SSSR count). The third kappa shape index (κ3) is 8.52. The molecule has 4 N–H and O–H groups in total. The zero-order valence-corrected chi connectivity index (χ0v) is 16.8. The summed E-state index contributed by atoms with van der Waals surface area (Å²) >= 11 is 0. The van der Waals surface area contributed by atoms with Crippen molar-refractivity contribution in [3.05, 3.63) is 54.1 Å². The number of nitrogens with two attached hydrogens (primary N) is 1. The standard InChI is InChI=1S/C21H28N4O4/c1-23-21(24-14-16-6-3-8-18(12-16)29-15-20(22)26)25-17-7-4-9-19(13-17)28-11-5-10-27-2/h3-4,6-9,12-13H,5,10-11,14-15H2,1-2H3,(H2,22,26)(H2,23,24,25). The van der Waals surface area contributed by atoms with Crippen LogP contribution in [0.25, 0.3) is 0 Å². The second-order valence-electron chi connectivity index (χ2n) is 6.18. The molecule has 0 heterocycles. The number of anilines is 1. The van der Waals surface area contributed by atoms with Crippen LogP contribution in [0.2, 0.25) is 0 Å². The minimum Gasteiger partial charge on any atom is -0.493 e. The molecule has 0 unspecified atom stereocenters. The third-order valence-corrected chi connectivity index (χ3v) is 3.82. The van der Waals surface area contributed by atoms with Crippen LogP contribution in [0.5, 0.6) is 11.5 Å². The number of hydrogen-bond donors (Lipinski definition) is 3. The van der Waals surface area contributed by atoms with Crippen molar-refractivity contribution in [1.82, 2.24) is 5.32 Å². The molecule has 0 fully saturated rings. The van der Waals surface area contributed by atoms with Crippen LogP contribution < -0.4 is 25.8 Å². The lowest BCUT2D eigenvalue weighted by atomic mass is 10.2. The zero-order valence-electron chi connectivity index (χ0n) is 16.8. The van der Waals surface area contributed by atoms with Gasteiger partial charge in [-0.3, -0.25) is 9.79 Å². The van der Waals surface area contributed by atoms with Gasteiger partial charge in [-0.25, -0.2) is 0 Å². The molecule has 0 saturated carbocycles. The molecular weight excluding hydrogens is 372 g/mol. The summed E-state index contributed by atoms with van der Waals surface area (Å²) in [6, 6.07) is 15.1. The molecule has 0 radical (unpaired) electrons. The van der Waals surface area contributed by atoms with Crippen LogP contribution in [0.4, 0.5) is 5.69 Å². The van der Waals surface area contributed by atoms with Crippen LogP contribution in [0.15, 0.2) is 53.5 Å². The number of guanidine groups is 1. The highest BCUT2D eigenvalue weighted by Gasteiger charge is 2.04. The van der Waals surface area contributed by atoms with Gasteiger partial charge in [0.2, 0.25) is 0 Å². The maximum atomic E-state index is 10.8. The lowest BCUT2D eigenvalue weighted by Crippen LogP contribution is -2.30. The molecule has 0 atom stereocenters. The number of amides is 1. The summed E-state index contributed by atoms with van der Waals surface area (Å²) in [6.45, 7) is 1.65. The van der Waals surface area contributed by atoms with Gasteiger partial charge in [-0.1, -0.05) is 18.2 Å². The van der Waals surface area contributed by atoms with Gasteiger partial charge in [0.1, 0.15) is 11.5 Å². The van der Waals surface area contributed by atoms with Gasteiger partial charge in [-0.15, -0.1) is 0 Å². The summed E-state index contributed by atoms with van der Waals surface area (Å²) < 4.78 is 16.1. The third-order valence-electron chi connectivity index (χ3n) is 3.82. The molecule has 0 aromatic heterocycles. The van der Waals surface area contributed by atoms with Gasteiger partial charge < -0.3 is 30.6 Å². The predicted molar refractivity (Wildman–Crippen MR) is 113 cm³/mol. The van der Waals surface area contributed by atoms with E-state index in [9.17, 15) is 4.79 Å². The van der Waals surface area contributed by atoms with E-state index in [-0.39, 0.29) is 6.61 Å². The number of nitrogens with zero attached hydrogens (tertiary/aromatic N) is 1. The highest BCUT2D eigenvalue weighted by Crippen LogP contribution is 2.18. The van der Waals surface area contributed by atoms with Crippen LogP contribution >= 0.6 is 0 Å². The number of aliphatic imine (C=N–C) groups is 1. The highest BCUT2D eigenvalue weighted by molar-refractivity contribution is 5.93. The second-order valence-corrected chi connectivity index (χ2v) is 6.18. The zero-order chi connectivity index (χ0) is 20.9. The fraction of sp³-hybridized carbons (Fsp3) is 0.333. The van der Waals surface area contributed by atoms with E-state index >= 15 is 0 Å². The van der Waals surface area contributed by atoms with Crippen LogP contribution in [0.3, 0.4) is 0 Å². The molecule has 156 valence electrons. The Kier molecular flexibility index (Phi) is 9.31. The van der Waals surface area contributed by atoms with Gasteiger partial charge in [-0.2, -0.15) is 0 Å². The number of rotatable bonds is 11. The van der Waals surface area contributed by atoms with Crippen molar-refractivity contribution in [3.63, 3.8) is 0 Å². The molecular formula is C21H28N4O4. The van der Waals surface area contributed by atoms with Crippen molar-refractivity contribution in [3.8, 4) is 11.5 Å². The molecule has 8 heteroatoms. The maximum Gasteiger partial charge on any atom is 0.255 e. The number of primary amides is 1. The quantitative estimate of drug-likeness (QED) is 0.303. The SMILES string of the molecule is CN=C(NCc1cccc(OCC(N)=O)c1)Nc1cccc(OCCCOC)c1. The Labute approximate surface area is 171 Å². The first kappa shape index (κ1) is 22.0. The van der Waals surface area contributed by atoms with Crippen LogP contribution in [-0.4, -0.2) is 45.8 Å². The molecule has 0 aliphatic heterocycles. The first-order chi connectivity index (χ1) is 14.1. The van der Waals surface area contributed by atoms with Crippen molar-refractivity contribution in [2.75, 3.05) is 39.3 Å². The average molecular weight is 400 g/mol. The van der Waals surface area contributed by atoms with E-state index in [0.29, 0.717) is 31.5 Å². The van der Waals surface area contributed by atoms with Gasteiger partial charge in [0.25, 0.3) is 5.91 Å². The topological polar surface area (TPSA) is 107 Å². The molecule has 0 bridgehead atoms. The van der Waals surface area contributed by atoms with E-state index in [2.05, 4.69) is 15.6 Å². The molecule has 2 aromatic rings. The van der Waals surface area contributed by atoms with Crippen molar-refractivity contribution >= 4 is 17.6 Å². The van der Waals surface area contributed by atoms with Gasteiger partial charge in [0, 0.05) is 45.5 Å². The van der Waals surface area contributed by atoms with Crippen molar-refractivity contribution < 1.29 is 19.0 Å². The fourth-order valence-corrected chi connectivity index (χ4v) is 2.46. The smallest absolute Gasteiger partial charge is 0.255 e. The summed E-state index contributed by atoms with van der Waals surface area (Å²) in [7, 11) is 3.38. The first-order valence-corrected chi connectivity index (χ1v) is 9.30. The highest BCUT2D eigenvalue weighted by atomic mass is 16.5. The van der Waals surface area contributed by atoms with E-state index in [1.807, 2.05) is 42.5 Å². The van der Waals surface area contributed by atoms with Gasteiger partial charge in [-0.05, 0) is 29.8 Å². The van der Waals surface area contributed by atoms with Crippen LogP contribution in [0, 0.1) is 0 Å². The van der Waals surface area contributed by atoms with Gasteiger partial charge >= 0.3 is 0 Å². The fourth-order valence-electron chi connectivity index (χ4n) is 2.46. The van der Waals surface area contributed by atoms with E-state index in [1.165, 1.54) is 0 Å². The van der Waals surface area contributed by atoms with Gasteiger partial charge in [0.15, 0.2) is 12.6 Å². The largest absolute Gasteiger partial charge is 0.493 e. The Morgan fingerprint density at radius 2 is 1.83 bits per heavy atom. The second kappa shape index (κ2) is 12.2. The Morgan fingerprint density at radius 1 is 1.07 bits per heavy atom. The molecule has 2 aromatic carbocycles. The van der Waals surface area contributed by atoms with E-state index in [0.717, 1.165) is 23.4 Å². The van der Waals surface area contributed by atoms with Crippen LogP contribution in [0.1, 0.15) is 12.0 Å². The molecule has 1 amide bonds. The molecule has 0 aliphatic rings. The summed E-state index contributed by atoms with van der Waals surface area (Å²) in [5, 5.41) is 6.48. The number of methoxy groups -OCH3 is 1. The van der Waals surface area contributed by atoms with Crippen LogP contribution in [-0.2, 0) is 16.1 Å². The molecule has 8 nitrogen and oxygen atoms in total.